The maximum Gasteiger partial charge on any atom is 0.338 e. The van der Waals surface area contributed by atoms with E-state index in [4.69, 9.17) is 4.74 Å². The lowest BCUT2D eigenvalue weighted by atomic mass is 10.1. The summed E-state index contributed by atoms with van der Waals surface area (Å²) >= 11 is 0. The third-order valence-electron chi connectivity index (χ3n) is 4.40. The summed E-state index contributed by atoms with van der Waals surface area (Å²) in [5.74, 6) is -0.828. The quantitative estimate of drug-likeness (QED) is 0.726. The van der Waals surface area contributed by atoms with Gasteiger partial charge in [-0.2, -0.15) is 0 Å². The van der Waals surface area contributed by atoms with Gasteiger partial charge in [0.25, 0.3) is 5.91 Å². The van der Waals surface area contributed by atoms with Crippen LogP contribution in [0, 0.1) is 0 Å². The summed E-state index contributed by atoms with van der Waals surface area (Å²) in [7, 11) is -0.669. The van der Waals surface area contributed by atoms with E-state index in [2.05, 4.69) is 0 Å². The molecule has 0 atom stereocenters. The number of amides is 1. The van der Waals surface area contributed by atoms with Crippen molar-refractivity contribution in [1.82, 2.24) is 9.21 Å². The first-order chi connectivity index (χ1) is 12.3. The highest BCUT2D eigenvalue weighted by atomic mass is 32.2. The van der Waals surface area contributed by atoms with Crippen LogP contribution < -0.4 is 0 Å². The summed E-state index contributed by atoms with van der Waals surface area (Å²) in [5.41, 5.74) is 0.211. The first-order valence-corrected chi connectivity index (χ1v) is 10.2. The van der Waals surface area contributed by atoms with E-state index >= 15 is 0 Å². The minimum Gasteiger partial charge on any atom is -0.452 e. The molecule has 0 aromatic heterocycles. The molecule has 0 bridgehead atoms. The van der Waals surface area contributed by atoms with E-state index in [1.807, 2.05) is 0 Å². The van der Waals surface area contributed by atoms with Crippen molar-refractivity contribution in [1.29, 1.82) is 0 Å². The molecule has 1 aliphatic heterocycles. The number of rotatable bonds is 5. The van der Waals surface area contributed by atoms with Crippen LogP contribution in [0.4, 0.5) is 0 Å². The maximum atomic E-state index is 12.2. The lowest BCUT2D eigenvalue weighted by Gasteiger charge is -2.24. The standard InChI is InChI=1S/C18H26N2O5S/c1-19(2)26(23,24)16-10-8-15(9-11-16)18(22)25-14-17(21)20-12-6-4-3-5-7-13-20/h8-11H,3-7,12-14H2,1-2H3. The van der Waals surface area contributed by atoms with Gasteiger partial charge in [-0.15, -0.1) is 0 Å². The fraction of sp³-hybridized carbons (Fsp3) is 0.556. The molecule has 1 heterocycles. The van der Waals surface area contributed by atoms with Gasteiger partial charge in [0.05, 0.1) is 10.5 Å². The van der Waals surface area contributed by atoms with Crippen LogP contribution >= 0.6 is 0 Å². The van der Waals surface area contributed by atoms with Crippen molar-refractivity contribution in [2.75, 3.05) is 33.8 Å². The number of likely N-dealkylation sites (tertiary alicyclic amines) is 1. The van der Waals surface area contributed by atoms with Crippen LogP contribution in [0.25, 0.3) is 0 Å². The lowest BCUT2D eigenvalue weighted by molar-refractivity contribution is -0.134. The number of hydrogen-bond acceptors (Lipinski definition) is 5. The number of esters is 1. The number of benzene rings is 1. The van der Waals surface area contributed by atoms with Crippen molar-refractivity contribution in [3.05, 3.63) is 29.8 Å². The van der Waals surface area contributed by atoms with E-state index in [1.165, 1.54) is 44.8 Å². The van der Waals surface area contributed by atoms with Crippen LogP contribution in [0.15, 0.2) is 29.2 Å². The predicted octanol–water partition coefficient (Wildman–Crippen LogP) is 1.89. The zero-order chi connectivity index (χ0) is 19.2. The molecule has 2 rings (SSSR count). The van der Waals surface area contributed by atoms with Crippen molar-refractivity contribution in [2.24, 2.45) is 0 Å². The molecule has 26 heavy (non-hydrogen) atoms. The molecule has 7 nitrogen and oxygen atoms in total. The Morgan fingerprint density at radius 2 is 1.54 bits per heavy atom. The molecule has 1 saturated heterocycles. The van der Waals surface area contributed by atoms with Crippen molar-refractivity contribution in [3.63, 3.8) is 0 Å². The zero-order valence-electron chi connectivity index (χ0n) is 15.3. The van der Waals surface area contributed by atoms with Gasteiger partial charge in [-0.25, -0.2) is 17.5 Å². The van der Waals surface area contributed by atoms with E-state index in [-0.39, 0.29) is 23.0 Å². The molecule has 1 fully saturated rings. The van der Waals surface area contributed by atoms with Gasteiger partial charge in [0.1, 0.15) is 0 Å². The second kappa shape index (κ2) is 9.14. The average molecular weight is 382 g/mol. The van der Waals surface area contributed by atoms with Crippen molar-refractivity contribution < 1.29 is 22.7 Å². The molecule has 0 unspecified atom stereocenters. The Labute approximate surface area is 155 Å². The SMILES string of the molecule is CN(C)S(=O)(=O)c1ccc(C(=O)OCC(=O)N2CCCCCCC2)cc1. The van der Waals surface area contributed by atoms with Gasteiger partial charge in [-0.1, -0.05) is 19.3 Å². The summed E-state index contributed by atoms with van der Waals surface area (Å²) in [5, 5.41) is 0. The molecule has 1 aromatic carbocycles. The van der Waals surface area contributed by atoms with Gasteiger partial charge in [-0.3, -0.25) is 4.79 Å². The van der Waals surface area contributed by atoms with Gasteiger partial charge in [-0.05, 0) is 37.1 Å². The fourth-order valence-electron chi connectivity index (χ4n) is 2.77. The molecular weight excluding hydrogens is 356 g/mol. The third kappa shape index (κ3) is 5.28. The number of nitrogens with zero attached hydrogens (tertiary/aromatic N) is 2. The summed E-state index contributed by atoms with van der Waals surface area (Å²) in [6.07, 6.45) is 5.39. The molecule has 0 spiro atoms. The van der Waals surface area contributed by atoms with E-state index in [1.54, 1.807) is 4.90 Å². The number of sulfonamides is 1. The topological polar surface area (TPSA) is 84.0 Å². The number of carbonyl (C=O) groups excluding carboxylic acids is 2. The Morgan fingerprint density at radius 1 is 1.00 bits per heavy atom. The van der Waals surface area contributed by atoms with Crippen LogP contribution in [0.3, 0.4) is 0 Å². The van der Waals surface area contributed by atoms with Gasteiger partial charge in [0.15, 0.2) is 6.61 Å². The molecule has 0 saturated carbocycles. The van der Waals surface area contributed by atoms with E-state index in [0.29, 0.717) is 13.1 Å². The Hall–Kier alpha value is -1.93. The highest BCUT2D eigenvalue weighted by molar-refractivity contribution is 7.89. The fourth-order valence-corrected chi connectivity index (χ4v) is 3.67. The van der Waals surface area contributed by atoms with Gasteiger partial charge >= 0.3 is 5.97 Å². The van der Waals surface area contributed by atoms with Crippen molar-refractivity contribution in [3.8, 4) is 0 Å². The first kappa shape index (κ1) is 20.4. The number of hydrogen-bond donors (Lipinski definition) is 0. The summed E-state index contributed by atoms with van der Waals surface area (Å²) < 4.78 is 30.2. The second-order valence-electron chi connectivity index (χ2n) is 6.54. The minimum absolute atomic E-state index is 0.0933. The smallest absolute Gasteiger partial charge is 0.338 e. The van der Waals surface area contributed by atoms with Gasteiger partial charge < -0.3 is 9.64 Å². The van der Waals surface area contributed by atoms with Crippen LogP contribution in [-0.2, 0) is 19.6 Å². The highest BCUT2D eigenvalue weighted by Gasteiger charge is 2.19. The van der Waals surface area contributed by atoms with Crippen molar-refractivity contribution >= 4 is 21.9 Å². The van der Waals surface area contributed by atoms with Gasteiger partial charge in [0.2, 0.25) is 10.0 Å². The Balaban J connectivity index is 1.92. The summed E-state index contributed by atoms with van der Waals surface area (Å²) in [6.45, 7) is 1.11. The summed E-state index contributed by atoms with van der Waals surface area (Å²) in [6, 6.07) is 5.48. The highest BCUT2D eigenvalue weighted by Crippen LogP contribution is 2.15. The van der Waals surface area contributed by atoms with Crippen LogP contribution in [-0.4, -0.2) is 63.3 Å². The first-order valence-electron chi connectivity index (χ1n) is 8.80. The third-order valence-corrected chi connectivity index (χ3v) is 6.23. The monoisotopic (exact) mass is 382 g/mol. The molecule has 1 aliphatic rings. The minimum atomic E-state index is -3.55. The molecule has 8 heteroatoms. The Bertz CT molecular complexity index is 720. The molecular formula is C18H26N2O5S. The van der Waals surface area contributed by atoms with E-state index in [9.17, 15) is 18.0 Å². The van der Waals surface area contributed by atoms with Crippen LogP contribution in [0.1, 0.15) is 42.5 Å². The molecule has 1 aromatic rings. The molecule has 1 amide bonds. The average Bonchev–Trinajstić information content (AvgIpc) is 2.59. The summed E-state index contributed by atoms with van der Waals surface area (Å²) in [4.78, 5) is 26.2. The van der Waals surface area contributed by atoms with Gasteiger partial charge in [0, 0.05) is 27.2 Å². The maximum absolute atomic E-state index is 12.2. The number of ether oxygens (including phenoxy) is 1. The predicted molar refractivity (Wildman–Crippen MR) is 97.3 cm³/mol. The van der Waals surface area contributed by atoms with Crippen molar-refractivity contribution in [2.45, 2.75) is 37.0 Å². The normalized spacial score (nSPS) is 16.0. The Kier molecular flexibility index (Phi) is 7.16. The van der Waals surface area contributed by atoms with Crippen LogP contribution in [0.2, 0.25) is 0 Å². The lowest BCUT2D eigenvalue weighted by Crippen LogP contribution is -2.36. The number of carbonyl (C=O) groups is 2. The molecule has 144 valence electrons. The zero-order valence-corrected chi connectivity index (χ0v) is 16.1. The van der Waals surface area contributed by atoms with Crippen LogP contribution in [0.5, 0.6) is 0 Å². The Morgan fingerprint density at radius 3 is 2.08 bits per heavy atom. The molecule has 0 N–H and O–H groups in total. The van der Waals surface area contributed by atoms with E-state index in [0.717, 1.165) is 30.0 Å². The second-order valence-corrected chi connectivity index (χ2v) is 8.69. The molecule has 0 aliphatic carbocycles. The van der Waals surface area contributed by atoms with E-state index < -0.39 is 16.0 Å². The molecule has 0 radical (unpaired) electrons. The largest absolute Gasteiger partial charge is 0.452 e.